The zero-order valence-electron chi connectivity index (χ0n) is 10.7. The Bertz CT molecular complexity index is 698. The molecule has 3 rings (SSSR count). The van der Waals surface area contributed by atoms with E-state index < -0.39 is 0 Å². The number of nitrogens with zero attached hydrogens (tertiary/aromatic N) is 5. The van der Waals surface area contributed by atoms with E-state index in [2.05, 4.69) is 35.9 Å². The number of hydrogen-bond acceptors (Lipinski definition) is 6. The molecule has 0 amide bonds. The van der Waals surface area contributed by atoms with Crippen molar-refractivity contribution in [2.45, 2.75) is 6.54 Å². The molecule has 0 aliphatic rings. The molecule has 0 saturated carbocycles. The third kappa shape index (κ3) is 2.19. The van der Waals surface area contributed by atoms with Gasteiger partial charge < -0.3 is 10.6 Å². The molecule has 8 nitrogen and oxygen atoms in total. The van der Waals surface area contributed by atoms with Crippen molar-refractivity contribution < 1.29 is 0 Å². The van der Waals surface area contributed by atoms with Crippen molar-refractivity contribution in [3.8, 4) is 0 Å². The van der Waals surface area contributed by atoms with Gasteiger partial charge >= 0.3 is 0 Å². The standard InChI is InChI=1S/C11H14N8/c1-12-11-16-9(8-5-14-18-10(8)17-11)13-3-7-4-15-19(2)6-7/h4-6H,3H2,1-2H3,(H3,12,13,14,16,17,18). The van der Waals surface area contributed by atoms with Gasteiger partial charge in [-0.2, -0.15) is 20.2 Å². The number of hydrogen-bond donors (Lipinski definition) is 3. The maximum absolute atomic E-state index is 4.39. The summed E-state index contributed by atoms with van der Waals surface area (Å²) in [6.45, 7) is 0.647. The summed E-state index contributed by atoms with van der Waals surface area (Å²) in [6.07, 6.45) is 5.49. The molecular weight excluding hydrogens is 244 g/mol. The highest BCUT2D eigenvalue weighted by Gasteiger charge is 2.08. The van der Waals surface area contributed by atoms with Gasteiger partial charge in [-0.1, -0.05) is 0 Å². The van der Waals surface area contributed by atoms with Gasteiger partial charge in [0.1, 0.15) is 5.82 Å². The van der Waals surface area contributed by atoms with Crippen LogP contribution < -0.4 is 10.6 Å². The molecule has 3 heterocycles. The number of nitrogens with one attached hydrogen (secondary N) is 3. The van der Waals surface area contributed by atoms with Gasteiger partial charge in [-0.3, -0.25) is 9.78 Å². The molecule has 19 heavy (non-hydrogen) atoms. The third-order valence-corrected chi connectivity index (χ3v) is 2.75. The molecule has 0 aliphatic carbocycles. The molecule has 8 heteroatoms. The average molecular weight is 258 g/mol. The van der Waals surface area contributed by atoms with E-state index >= 15 is 0 Å². The highest BCUT2D eigenvalue weighted by Crippen LogP contribution is 2.20. The van der Waals surface area contributed by atoms with Gasteiger partial charge in [0.15, 0.2) is 5.65 Å². The largest absolute Gasteiger partial charge is 0.365 e. The number of aromatic amines is 1. The SMILES string of the molecule is CNc1nc(NCc2cnn(C)c2)c2cn[nH]c2n1. The monoisotopic (exact) mass is 258 g/mol. The van der Waals surface area contributed by atoms with Crippen LogP contribution in [-0.2, 0) is 13.6 Å². The Morgan fingerprint density at radius 2 is 2.21 bits per heavy atom. The number of fused-ring (bicyclic) bond motifs is 1. The first kappa shape index (κ1) is 11.5. The van der Waals surface area contributed by atoms with Crippen LogP contribution in [0.2, 0.25) is 0 Å². The van der Waals surface area contributed by atoms with E-state index in [-0.39, 0.29) is 0 Å². The van der Waals surface area contributed by atoms with E-state index in [1.165, 1.54) is 0 Å². The number of aromatic nitrogens is 6. The molecule has 0 saturated heterocycles. The molecule has 98 valence electrons. The first-order valence-electron chi connectivity index (χ1n) is 5.86. The van der Waals surface area contributed by atoms with E-state index in [4.69, 9.17) is 0 Å². The second-order valence-corrected chi connectivity index (χ2v) is 4.15. The summed E-state index contributed by atoms with van der Waals surface area (Å²) < 4.78 is 1.77. The van der Waals surface area contributed by atoms with Crippen molar-refractivity contribution in [3.05, 3.63) is 24.2 Å². The van der Waals surface area contributed by atoms with E-state index in [0.29, 0.717) is 18.1 Å². The van der Waals surface area contributed by atoms with Gasteiger partial charge in [-0.15, -0.1) is 0 Å². The normalized spacial score (nSPS) is 10.8. The third-order valence-electron chi connectivity index (χ3n) is 2.75. The molecule has 0 bridgehead atoms. The summed E-state index contributed by atoms with van der Waals surface area (Å²) in [6, 6.07) is 0. The van der Waals surface area contributed by atoms with Crippen molar-refractivity contribution in [2.75, 3.05) is 17.7 Å². The second kappa shape index (κ2) is 4.56. The fourth-order valence-corrected chi connectivity index (χ4v) is 1.83. The molecule has 3 aromatic rings. The second-order valence-electron chi connectivity index (χ2n) is 4.15. The molecular formula is C11H14N8. The predicted octanol–water partition coefficient (Wildman–Crippen LogP) is 0.740. The number of rotatable bonds is 4. The number of aryl methyl sites for hydroxylation is 1. The van der Waals surface area contributed by atoms with Gasteiger partial charge in [-0.25, -0.2) is 0 Å². The van der Waals surface area contributed by atoms with Gasteiger partial charge in [0.2, 0.25) is 5.95 Å². The molecule has 0 fully saturated rings. The average Bonchev–Trinajstić information content (AvgIpc) is 3.04. The summed E-state index contributed by atoms with van der Waals surface area (Å²) in [5.74, 6) is 1.29. The minimum Gasteiger partial charge on any atom is -0.365 e. The highest BCUT2D eigenvalue weighted by atomic mass is 15.2. The lowest BCUT2D eigenvalue weighted by atomic mass is 10.3. The van der Waals surface area contributed by atoms with Crippen molar-refractivity contribution in [1.29, 1.82) is 0 Å². The van der Waals surface area contributed by atoms with Gasteiger partial charge in [0.25, 0.3) is 0 Å². The lowest BCUT2D eigenvalue weighted by Crippen LogP contribution is -2.04. The fraction of sp³-hybridized carbons (Fsp3) is 0.273. The minimum absolute atomic E-state index is 0.547. The van der Waals surface area contributed by atoms with Crippen molar-refractivity contribution in [1.82, 2.24) is 29.9 Å². The predicted molar refractivity (Wildman–Crippen MR) is 71.8 cm³/mol. The van der Waals surface area contributed by atoms with Crippen LogP contribution in [0.4, 0.5) is 11.8 Å². The lowest BCUT2D eigenvalue weighted by molar-refractivity contribution is 0.767. The molecule has 3 N–H and O–H groups in total. The minimum atomic E-state index is 0.547. The maximum Gasteiger partial charge on any atom is 0.226 e. The molecule has 0 atom stereocenters. The van der Waals surface area contributed by atoms with Crippen molar-refractivity contribution in [2.24, 2.45) is 7.05 Å². The van der Waals surface area contributed by atoms with Crippen LogP contribution in [0.3, 0.4) is 0 Å². The Morgan fingerprint density at radius 3 is 2.95 bits per heavy atom. The Morgan fingerprint density at radius 1 is 1.32 bits per heavy atom. The molecule has 0 aromatic carbocycles. The Labute approximate surface area is 109 Å². The molecule has 0 spiro atoms. The highest BCUT2D eigenvalue weighted by molar-refractivity contribution is 5.86. The van der Waals surface area contributed by atoms with Crippen LogP contribution in [0.1, 0.15) is 5.56 Å². The van der Waals surface area contributed by atoms with Gasteiger partial charge in [0.05, 0.1) is 17.8 Å². The quantitative estimate of drug-likeness (QED) is 0.638. The van der Waals surface area contributed by atoms with Crippen molar-refractivity contribution >= 4 is 22.8 Å². The van der Waals surface area contributed by atoms with Gasteiger partial charge in [0, 0.05) is 32.4 Å². The van der Waals surface area contributed by atoms with Crippen LogP contribution in [0.15, 0.2) is 18.6 Å². The molecule has 0 unspecified atom stereocenters. The van der Waals surface area contributed by atoms with E-state index in [1.807, 2.05) is 19.4 Å². The van der Waals surface area contributed by atoms with Crippen LogP contribution in [0.25, 0.3) is 11.0 Å². The van der Waals surface area contributed by atoms with Gasteiger partial charge in [-0.05, 0) is 0 Å². The maximum atomic E-state index is 4.39. The van der Waals surface area contributed by atoms with Crippen LogP contribution >= 0.6 is 0 Å². The first-order chi connectivity index (χ1) is 9.26. The fourth-order valence-electron chi connectivity index (χ4n) is 1.83. The Hall–Kier alpha value is -2.64. The summed E-state index contributed by atoms with van der Waals surface area (Å²) in [5, 5.41) is 18.0. The topological polar surface area (TPSA) is 96.3 Å². The molecule has 0 radical (unpaired) electrons. The number of H-pyrrole nitrogens is 1. The summed E-state index contributed by atoms with van der Waals surface area (Å²) in [5.41, 5.74) is 1.79. The summed E-state index contributed by atoms with van der Waals surface area (Å²) >= 11 is 0. The smallest absolute Gasteiger partial charge is 0.226 e. The lowest BCUT2D eigenvalue weighted by Gasteiger charge is -2.06. The van der Waals surface area contributed by atoms with E-state index in [1.54, 1.807) is 17.9 Å². The number of anilines is 2. The van der Waals surface area contributed by atoms with E-state index in [9.17, 15) is 0 Å². The Kier molecular flexibility index (Phi) is 2.75. The molecule has 3 aromatic heterocycles. The van der Waals surface area contributed by atoms with Crippen LogP contribution in [0, 0.1) is 0 Å². The summed E-state index contributed by atoms with van der Waals surface area (Å²) in [7, 11) is 3.67. The van der Waals surface area contributed by atoms with E-state index in [0.717, 1.165) is 16.8 Å². The zero-order chi connectivity index (χ0) is 13.2. The Balaban J connectivity index is 1.88. The van der Waals surface area contributed by atoms with Crippen molar-refractivity contribution in [3.63, 3.8) is 0 Å². The molecule has 0 aliphatic heterocycles. The zero-order valence-corrected chi connectivity index (χ0v) is 10.7. The van der Waals surface area contributed by atoms with Crippen LogP contribution in [-0.4, -0.2) is 37.0 Å². The summed E-state index contributed by atoms with van der Waals surface area (Å²) in [4.78, 5) is 8.67. The first-order valence-corrected chi connectivity index (χ1v) is 5.86. The van der Waals surface area contributed by atoms with Crippen LogP contribution in [0.5, 0.6) is 0 Å².